The first kappa shape index (κ1) is 16.7. The summed E-state index contributed by atoms with van der Waals surface area (Å²) in [4.78, 5) is 28.0. The SMILES string of the molecule is NC(=O)CCN(Cc1ccccc1)C(=O)c1cc2c(s1)CCCC2. The molecule has 2 amide bonds. The zero-order valence-corrected chi connectivity index (χ0v) is 14.5. The molecule has 126 valence electrons. The minimum absolute atomic E-state index is 0.000460. The highest BCUT2D eigenvalue weighted by atomic mass is 32.1. The highest BCUT2D eigenvalue weighted by Crippen LogP contribution is 2.30. The number of rotatable bonds is 6. The summed E-state index contributed by atoms with van der Waals surface area (Å²) in [5.41, 5.74) is 7.65. The second-order valence-corrected chi connectivity index (χ2v) is 7.33. The third-order valence-corrected chi connectivity index (χ3v) is 5.56. The number of nitrogens with zero attached hydrogens (tertiary/aromatic N) is 1. The molecule has 0 bridgehead atoms. The maximum Gasteiger partial charge on any atom is 0.264 e. The highest BCUT2D eigenvalue weighted by Gasteiger charge is 2.22. The van der Waals surface area contributed by atoms with E-state index in [1.54, 1.807) is 16.2 Å². The van der Waals surface area contributed by atoms with Crippen molar-refractivity contribution in [1.29, 1.82) is 0 Å². The van der Waals surface area contributed by atoms with Crippen LogP contribution in [-0.4, -0.2) is 23.3 Å². The number of hydrogen-bond donors (Lipinski definition) is 1. The molecule has 0 saturated heterocycles. The van der Waals surface area contributed by atoms with Gasteiger partial charge >= 0.3 is 0 Å². The Morgan fingerprint density at radius 2 is 1.88 bits per heavy atom. The van der Waals surface area contributed by atoms with E-state index >= 15 is 0 Å². The number of amides is 2. The number of carbonyl (C=O) groups excluding carboxylic acids is 2. The van der Waals surface area contributed by atoms with Crippen LogP contribution >= 0.6 is 11.3 Å². The summed E-state index contributed by atoms with van der Waals surface area (Å²) in [6, 6.07) is 11.9. The Hall–Kier alpha value is -2.14. The van der Waals surface area contributed by atoms with Crippen molar-refractivity contribution < 1.29 is 9.59 Å². The monoisotopic (exact) mass is 342 g/mol. The number of nitrogens with two attached hydrogens (primary N) is 1. The van der Waals surface area contributed by atoms with Gasteiger partial charge in [-0.1, -0.05) is 30.3 Å². The average molecular weight is 342 g/mol. The van der Waals surface area contributed by atoms with Crippen molar-refractivity contribution in [3.63, 3.8) is 0 Å². The van der Waals surface area contributed by atoms with Crippen LogP contribution in [0.5, 0.6) is 0 Å². The van der Waals surface area contributed by atoms with E-state index in [9.17, 15) is 9.59 Å². The van der Waals surface area contributed by atoms with Crippen molar-refractivity contribution in [3.05, 3.63) is 57.3 Å². The number of thiophene rings is 1. The van der Waals surface area contributed by atoms with Crippen LogP contribution in [0.25, 0.3) is 0 Å². The Morgan fingerprint density at radius 3 is 2.58 bits per heavy atom. The minimum Gasteiger partial charge on any atom is -0.370 e. The lowest BCUT2D eigenvalue weighted by molar-refractivity contribution is -0.118. The van der Waals surface area contributed by atoms with Crippen LogP contribution < -0.4 is 5.73 Å². The molecular formula is C19H22N2O2S. The van der Waals surface area contributed by atoms with Gasteiger partial charge in [0.1, 0.15) is 0 Å². The standard InChI is InChI=1S/C19H22N2O2S/c20-18(22)10-11-21(13-14-6-2-1-3-7-14)19(23)17-12-15-8-4-5-9-16(15)24-17/h1-3,6-7,12H,4-5,8-11,13H2,(H2,20,22). The Kier molecular flexibility index (Phi) is 5.30. The van der Waals surface area contributed by atoms with Crippen LogP contribution in [0.2, 0.25) is 0 Å². The predicted molar refractivity (Wildman–Crippen MR) is 96.0 cm³/mol. The van der Waals surface area contributed by atoms with Gasteiger partial charge in [0.05, 0.1) is 4.88 Å². The van der Waals surface area contributed by atoms with Crippen molar-refractivity contribution in [3.8, 4) is 0 Å². The molecule has 1 heterocycles. The van der Waals surface area contributed by atoms with E-state index in [4.69, 9.17) is 5.73 Å². The van der Waals surface area contributed by atoms with Gasteiger partial charge in [-0.3, -0.25) is 9.59 Å². The van der Waals surface area contributed by atoms with Gasteiger partial charge in [-0.25, -0.2) is 0 Å². The molecule has 3 rings (SSSR count). The molecule has 0 unspecified atom stereocenters. The van der Waals surface area contributed by atoms with Crippen LogP contribution in [0.4, 0.5) is 0 Å². The molecule has 0 aliphatic heterocycles. The molecule has 24 heavy (non-hydrogen) atoms. The second kappa shape index (κ2) is 7.62. The Labute approximate surface area is 146 Å². The van der Waals surface area contributed by atoms with E-state index in [1.807, 2.05) is 36.4 Å². The van der Waals surface area contributed by atoms with Gasteiger partial charge in [0.15, 0.2) is 0 Å². The summed E-state index contributed by atoms with van der Waals surface area (Å²) >= 11 is 1.61. The fraction of sp³-hybridized carbons (Fsp3) is 0.368. The second-order valence-electron chi connectivity index (χ2n) is 6.19. The van der Waals surface area contributed by atoms with Crippen LogP contribution in [0.1, 0.15) is 44.9 Å². The van der Waals surface area contributed by atoms with Crippen LogP contribution in [0.15, 0.2) is 36.4 Å². The van der Waals surface area contributed by atoms with Crippen molar-refractivity contribution in [2.45, 2.75) is 38.6 Å². The first-order valence-corrected chi connectivity index (χ1v) is 9.18. The van der Waals surface area contributed by atoms with Crippen molar-refractivity contribution >= 4 is 23.2 Å². The topological polar surface area (TPSA) is 63.4 Å². The minimum atomic E-state index is -0.383. The van der Waals surface area contributed by atoms with Gasteiger partial charge in [0, 0.05) is 24.4 Å². The quantitative estimate of drug-likeness (QED) is 0.876. The molecule has 0 fully saturated rings. The average Bonchev–Trinajstić information content (AvgIpc) is 3.03. The molecule has 5 heteroatoms. The Bertz CT molecular complexity index is 701. The lowest BCUT2D eigenvalue weighted by Gasteiger charge is -2.21. The first-order valence-electron chi connectivity index (χ1n) is 8.36. The lowest BCUT2D eigenvalue weighted by Crippen LogP contribution is -2.33. The van der Waals surface area contributed by atoms with E-state index in [1.165, 1.54) is 23.3 Å². The summed E-state index contributed by atoms with van der Waals surface area (Å²) < 4.78 is 0. The number of fused-ring (bicyclic) bond motifs is 1. The summed E-state index contributed by atoms with van der Waals surface area (Å²) in [5, 5.41) is 0. The molecule has 0 spiro atoms. The van der Waals surface area contributed by atoms with Gasteiger partial charge in [-0.2, -0.15) is 0 Å². The largest absolute Gasteiger partial charge is 0.370 e. The Morgan fingerprint density at radius 1 is 1.12 bits per heavy atom. The lowest BCUT2D eigenvalue weighted by atomic mass is 9.99. The molecule has 0 atom stereocenters. The number of carbonyl (C=O) groups is 2. The zero-order chi connectivity index (χ0) is 16.9. The number of hydrogen-bond acceptors (Lipinski definition) is 3. The molecule has 1 aliphatic carbocycles. The van der Waals surface area contributed by atoms with E-state index in [-0.39, 0.29) is 18.2 Å². The van der Waals surface area contributed by atoms with Crippen LogP contribution in [-0.2, 0) is 24.2 Å². The highest BCUT2D eigenvalue weighted by molar-refractivity contribution is 7.14. The summed E-state index contributed by atoms with van der Waals surface area (Å²) in [6.07, 6.45) is 4.74. The third-order valence-electron chi connectivity index (χ3n) is 4.34. The van der Waals surface area contributed by atoms with Gasteiger partial charge < -0.3 is 10.6 Å². The van der Waals surface area contributed by atoms with E-state index in [0.717, 1.165) is 23.3 Å². The normalized spacial score (nSPS) is 13.3. The fourth-order valence-electron chi connectivity index (χ4n) is 3.05. The van der Waals surface area contributed by atoms with Crippen molar-refractivity contribution in [1.82, 2.24) is 4.90 Å². The Balaban J connectivity index is 1.79. The summed E-state index contributed by atoms with van der Waals surface area (Å²) in [7, 11) is 0. The zero-order valence-electron chi connectivity index (χ0n) is 13.7. The van der Waals surface area contributed by atoms with Gasteiger partial charge in [-0.05, 0) is 42.9 Å². The molecule has 1 aromatic carbocycles. The molecule has 1 aromatic heterocycles. The van der Waals surface area contributed by atoms with E-state index in [2.05, 4.69) is 0 Å². The first-order chi connectivity index (χ1) is 11.6. The van der Waals surface area contributed by atoms with E-state index < -0.39 is 0 Å². The van der Waals surface area contributed by atoms with Crippen molar-refractivity contribution in [2.24, 2.45) is 5.73 Å². The summed E-state index contributed by atoms with van der Waals surface area (Å²) in [5.74, 6) is -0.383. The van der Waals surface area contributed by atoms with Crippen LogP contribution in [0, 0.1) is 0 Å². The molecule has 2 N–H and O–H groups in total. The molecule has 0 radical (unpaired) electrons. The number of benzene rings is 1. The molecule has 1 aliphatic rings. The smallest absolute Gasteiger partial charge is 0.264 e. The van der Waals surface area contributed by atoms with Gasteiger partial charge in [-0.15, -0.1) is 11.3 Å². The number of primary amides is 1. The predicted octanol–water partition coefficient (Wildman–Crippen LogP) is 3.14. The fourth-order valence-corrected chi connectivity index (χ4v) is 4.27. The molecule has 0 saturated carbocycles. The molecule has 2 aromatic rings. The van der Waals surface area contributed by atoms with Gasteiger partial charge in [0.2, 0.25) is 5.91 Å². The maximum absolute atomic E-state index is 13.0. The maximum atomic E-state index is 13.0. The van der Waals surface area contributed by atoms with Crippen molar-refractivity contribution in [2.75, 3.05) is 6.54 Å². The molecule has 4 nitrogen and oxygen atoms in total. The van der Waals surface area contributed by atoms with Gasteiger partial charge in [0.25, 0.3) is 5.91 Å². The number of aryl methyl sites for hydroxylation is 2. The summed E-state index contributed by atoms with van der Waals surface area (Å²) in [6.45, 7) is 0.848. The van der Waals surface area contributed by atoms with E-state index in [0.29, 0.717) is 13.1 Å². The van der Waals surface area contributed by atoms with Crippen LogP contribution in [0.3, 0.4) is 0 Å². The third kappa shape index (κ3) is 4.03. The molecular weight excluding hydrogens is 320 g/mol.